The number of aromatic nitrogens is 3. The monoisotopic (exact) mass is 554 g/mol. The predicted molar refractivity (Wildman–Crippen MR) is 127 cm³/mol. The minimum absolute atomic E-state index is 0.00130. The molecule has 6 nitrogen and oxygen atoms in total. The number of rotatable bonds is 5. The van der Waals surface area contributed by atoms with Gasteiger partial charge in [0.25, 0.3) is 5.56 Å². The molecular weight excluding hydrogens is 541 g/mol. The molecule has 0 aliphatic heterocycles. The Hall–Kier alpha value is -2.70. The average Bonchev–Trinajstić information content (AvgIpc) is 3.28. The smallest absolute Gasteiger partial charge is 0.325 e. The molecule has 0 bridgehead atoms. The van der Waals surface area contributed by atoms with Gasteiger partial charge in [-0.1, -0.05) is 33.8 Å². The van der Waals surface area contributed by atoms with Crippen molar-refractivity contribution in [3.05, 3.63) is 67.7 Å². The van der Waals surface area contributed by atoms with Gasteiger partial charge in [-0.2, -0.15) is 13.2 Å². The van der Waals surface area contributed by atoms with Crippen LogP contribution in [0.3, 0.4) is 0 Å². The van der Waals surface area contributed by atoms with Gasteiger partial charge in [-0.3, -0.25) is 9.59 Å². The van der Waals surface area contributed by atoms with Crippen LogP contribution in [0.5, 0.6) is 0 Å². The Bertz CT molecular complexity index is 1410. The molecule has 12 heteroatoms. The average molecular weight is 555 g/mol. The van der Waals surface area contributed by atoms with E-state index in [1.165, 1.54) is 11.3 Å². The summed E-state index contributed by atoms with van der Waals surface area (Å²) in [4.78, 5) is 35.9. The molecule has 0 saturated carbocycles. The van der Waals surface area contributed by atoms with E-state index in [1.807, 2.05) is 6.92 Å². The molecule has 3 aromatic heterocycles. The molecule has 1 amide bonds. The lowest BCUT2D eigenvalue weighted by atomic mass is 10.1. The number of benzene rings is 1. The maximum Gasteiger partial charge on any atom is 0.417 e. The summed E-state index contributed by atoms with van der Waals surface area (Å²) in [6.07, 6.45) is -4.76. The second kappa shape index (κ2) is 9.27. The molecule has 0 saturated heterocycles. The van der Waals surface area contributed by atoms with Crippen molar-refractivity contribution in [1.82, 2.24) is 15.0 Å². The third kappa shape index (κ3) is 5.28. The number of nitrogens with zero attached hydrogens (tertiary/aromatic N) is 2. The molecule has 1 aromatic carbocycles. The zero-order chi connectivity index (χ0) is 23.8. The Morgan fingerprint density at radius 2 is 2.03 bits per heavy atom. The van der Waals surface area contributed by atoms with Gasteiger partial charge in [-0.15, -0.1) is 11.3 Å². The summed E-state index contributed by atoms with van der Waals surface area (Å²) in [6.45, 7) is 1.88. The Kier molecular flexibility index (Phi) is 6.59. The van der Waals surface area contributed by atoms with Crippen LogP contribution in [0.15, 0.2) is 56.2 Å². The molecule has 170 valence electrons. The number of nitrogens with one attached hydrogen (secondary N) is 2. The summed E-state index contributed by atoms with van der Waals surface area (Å²) in [5, 5.41) is 3.80. The minimum Gasteiger partial charge on any atom is -0.325 e. The number of thiophene rings is 1. The number of aromatic amines is 1. The summed E-state index contributed by atoms with van der Waals surface area (Å²) in [5.41, 5.74) is -0.799. The molecule has 33 heavy (non-hydrogen) atoms. The third-order valence-corrected chi connectivity index (χ3v) is 7.17. The van der Waals surface area contributed by atoms with Gasteiger partial charge in [0.1, 0.15) is 0 Å². The number of hydrogen-bond acceptors (Lipinski definition) is 6. The molecular formula is C21H14BrF3N4O2S2. The molecule has 0 aliphatic rings. The largest absolute Gasteiger partial charge is 0.417 e. The van der Waals surface area contributed by atoms with Gasteiger partial charge in [0.05, 0.1) is 27.3 Å². The van der Waals surface area contributed by atoms with Crippen molar-refractivity contribution in [3.8, 4) is 10.6 Å². The van der Waals surface area contributed by atoms with E-state index >= 15 is 0 Å². The molecule has 2 N–H and O–H groups in total. The van der Waals surface area contributed by atoms with E-state index in [2.05, 4.69) is 36.2 Å². The number of thioether (sulfide) groups is 1. The Balaban J connectivity index is 1.63. The van der Waals surface area contributed by atoms with E-state index in [9.17, 15) is 22.8 Å². The summed E-state index contributed by atoms with van der Waals surface area (Å²) >= 11 is 5.50. The zero-order valence-electron chi connectivity index (χ0n) is 16.8. The van der Waals surface area contributed by atoms with E-state index in [4.69, 9.17) is 0 Å². The first kappa shape index (κ1) is 23.5. The summed E-state index contributed by atoms with van der Waals surface area (Å²) in [7, 11) is 0. The molecule has 0 atom stereocenters. The van der Waals surface area contributed by atoms with E-state index in [0.717, 1.165) is 27.9 Å². The second-order valence-corrected chi connectivity index (χ2v) is 9.67. The topological polar surface area (TPSA) is 87.7 Å². The minimum atomic E-state index is -4.76. The highest BCUT2D eigenvalue weighted by Crippen LogP contribution is 2.36. The van der Waals surface area contributed by atoms with Crippen molar-refractivity contribution >= 4 is 61.7 Å². The number of carbonyl (C=O) groups excluding carboxylic acids is 1. The number of H-pyrrole nitrogens is 1. The fraction of sp³-hybridized carbons (Fsp3) is 0.143. The first-order chi connectivity index (χ1) is 15.6. The van der Waals surface area contributed by atoms with Crippen LogP contribution >= 0.6 is 39.0 Å². The molecule has 4 rings (SSSR count). The van der Waals surface area contributed by atoms with Gasteiger partial charge in [0, 0.05) is 10.2 Å². The van der Waals surface area contributed by atoms with Gasteiger partial charge in [0.15, 0.2) is 10.8 Å². The lowest BCUT2D eigenvalue weighted by Gasteiger charge is -2.12. The van der Waals surface area contributed by atoms with Gasteiger partial charge >= 0.3 is 6.18 Å². The van der Waals surface area contributed by atoms with Gasteiger partial charge < -0.3 is 10.3 Å². The molecule has 0 radical (unpaired) electrons. The van der Waals surface area contributed by atoms with Gasteiger partial charge in [-0.25, -0.2) is 9.97 Å². The van der Waals surface area contributed by atoms with Crippen molar-refractivity contribution in [2.75, 3.05) is 11.1 Å². The van der Waals surface area contributed by atoms with Crippen LogP contribution in [0.1, 0.15) is 11.1 Å². The van der Waals surface area contributed by atoms with Crippen LogP contribution in [-0.4, -0.2) is 26.6 Å². The lowest BCUT2D eigenvalue weighted by Crippen LogP contribution is -2.18. The third-order valence-electron chi connectivity index (χ3n) is 4.52. The molecule has 0 spiro atoms. The molecule has 0 aliphatic carbocycles. The number of halogens is 4. The fourth-order valence-electron chi connectivity index (χ4n) is 3.02. The van der Waals surface area contributed by atoms with E-state index in [1.54, 1.807) is 35.7 Å². The number of amides is 1. The first-order valence-corrected chi connectivity index (χ1v) is 12.0. The van der Waals surface area contributed by atoms with Crippen LogP contribution in [0.2, 0.25) is 0 Å². The van der Waals surface area contributed by atoms with Crippen molar-refractivity contribution in [1.29, 1.82) is 0 Å². The number of anilines is 1. The zero-order valence-corrected chi connectivity index (χ0v) is 20.0. The SMILES string of the molecule is Cc1cc(NC(=O)CSc2nc3nc(-c4cccs4)cc(C(F)(F)F)c3c(=O)[nH]2)ccc1Br. The molecule has 3 heterocycles. The molecule has 0 fully saturated rings. The first-order valence-electron chi connectivity index (χ1n) is 9.37. The number of fused-ring (bicyclic) bond motifs is 1. The summed E-state index contributed by atoms with van der Waals surface area (Å²) in [5.74, 6) is -0.471. The normalized spacial score (nSPS) is 11.7. The Morgan fingerprint density at radius 3 is 2.70 bits per heavy atom. The van der Waals surface area contributed by atoms with Crippen LogP contribution < -0.4 is 10.9 Å². The van der Waals surface area contributed by atoms with Gasteiger partial charge in [-0.05, 0) is 48.2 Å². The predicted octanol–water partition coefficient (Wildman–Crippen LogP) is 5.87. The van der Waals surface area contributed by atoms with Crippen LogP contribution in [0.25, 0.3) is 21.6 Å². The number of carbonyl (C=O) groups is 1. The van der Waals surface area contributed by atoms with Crippen LogP contribution in [-0.2, 0) is 11.0 Å². The van der Waals surface area contributed by atoms with Crippen molar-refractivity contribution in [2.45, 2.75) is 18.3 Å². The number of aryl methyl sites for hydroxylation is 1. The Morgan fingerprint density at radius 1 is 1.24 bits per heavy atom. The summed E-state index contributed by atoms with van der Waals surface area (Å²) in [6, 6.07) is 9.50. The van der Waals surface area contributed by atoms with E-state index in [-0.39, 0.29) is 28.2 Å². The highest BCUT2D eigenvalue weighted by atomic mass is 79.9. The second-order valence-electron chi connectivity index (χ2n) is 6.90. The van der Waals surface area contributed by atoms with Crippen molar-refractivity contribution < 1.29 is 18.0 Å². The molecule has 4 aromatic rings. The highest BCUT2D eigenvalue weighted by Gasteiger charge is 2.35. The fourth-order valence-corrected chi connectivity index (χ4v) is 4.60. The van der Waals surface area contributed by atoms with Crippen molar-refractivity contribution in [3.63, 3.8) is 0 Å². The number of alkyl halides is 3. The van der Waals surface area contributed by atoms with Crippen molar-refractivity contribution in [2.24, 2.45) is 0 Å². The standard InChI is InChI=1S/C21H14BrF3N4O2S2/c1-10-7-11(4-5-13(10)22)26-16(30)9-33-20-28-18-17(19(31)29-20)12(21(23,24)25)8-14(27-18)15-3-2-6-32-15/h2-8H,9H2,1H3,(H,26,30)(H,27,28,29,31). The number of pyridine rings is 1. The van der Waals surface area contributed by atoms with Crippen LogP contribution in [0, 0.1) is 6.92 Å². The maximum atomic E-state index is 13.7. The highest BCUT2D eigenvalue weighted by molar-refractivity contribution is 9.10. The van der Waals surface area contributed by atoms with E-state index in [0.29, 0.717) is 10.6 Å². The summed E-state index contributed by atoms with van der Waals surface area (Å²) < 4.78 is 41.9. The maximum absolute atomic E-state index is 13.7. The van der Waals surface area contributed by atoms with E-state index < -0.39 is 22.7 Å². The quantitative estimate of drug-likeness (QED) is 0.238. The Labute approximate surface area is 201 Å². The van der Waals surface area contributed by atoms with Gasteiger partial charge in [0.2, 0.25) is 5.91 Å². The van der Waals surface area contributed by atoms with Crippen LogP contribution in [0.4, 0.5) is 18.9 Å². The molecule has 0 unspecified atom stereocenters. The lowest BCUT2D eigenvalue weighted by molar-refractivity contribution is -0.136. The number of hydrogen-bond donors (Lipinski definition) is 2.